The van der Waals surface area contributed by atoms with E-state index in [-0.39, 0.29) is 18.4 Å². The summed E-state index contributed by atoms with van der Waals surface area (Å²) < 4.78 is 5.66. The zero-order valence-corrected chi connectivity index (χ0v) is 17.6. The molecule has 1 heterocycles. The van der Waals surface area contributed by atoms with Crippen molar-refractivity contribution in [3.8, 4) is 5.75 Å². The van der Waals surface area contributed by atoms with Crippen LogP contribution < -0.4 is 4.74 Å². The van der Waals surface area contributed by atoms with Gasteiger partial charge in [-0.05, 0) is 49.2 Å². The highest BCUT2D eigenvalue weighted by molar-refractivity contribution is 7.80. The smallest absolute Gasteiger partial charge is 0.260 e. The highest BCUT2D eigenvalue weighted by atomic mass is 35.5. The van der Waals surface area contributed by atoms with Gasteiger partial charge in [0.1, 0.15) is 5.75 Å². The number of ether oxygens (including phenoxy) is 1. The van der Waals surface area contributed by atoms with E-state index in [1.165, 1.54) is 0 Å². The molecule has 0 bridgehead atoms. The third kappa shape index (κ3) is 4.62. The molecule has 0 radical (unpaired) electrons. The van der Waals surface area contributed by atoms with Crippen LogP contribution in [0.15, 0.2) is 41.3 Å². The van der Waals surface area contributed by atoms with Crippen LogP contribution in [0.1, 0.15) is 21.5 Å². The second-order valence-electron chi connectivity index (χ2n) is 6.85. The number of nitrogens with zero attached hydrogens (tertiary/aromatic N) is 2. The third-order valence-electron chi connectivity index (χ3n) is 4.83. The molecule has 0 aromatic heterocycles. The summed E-state index contributed by atoms with van der Waals surface area (Å²) in [6.45, 7) is 5.74. The van der Waals surface area contributed by atoms with Crippen molar-refractivity contribution in [2.24, 2.45) is 0 Å². The molecule has 28 heavy (non-hydrogen) atoms. The molecular formula is C21H23ClN2O3S. The first-order chi connectivity index (χ1) is 13.4. The lowest BCUT2D eigenvalue weighted by molar-refractivity contribution is -0.134. The Morgan fingerprint density at radius 1 is 1.04 bits per heavy atom. The molecule has 148 valence electrons. The second-order valence-corrected chi connectivity index (χ2v) is 7.71. The molecule has 7 heteroatoms. The maximum Gasteiger partial charge on any atom is 0.260 e. The van der Waals surface area contributed by atoms with Crippen molar-refractivity contribution in [1.82, 2.24) is 9.80 Å². The summed E-state index contributed by atoms with van der Waals surface area (Å²) in [7, 11) is 0. The van der Waals surface area contributed by atoms with Crippen molar-refractivity contribution in [2.45, 2.75) is 18.7 Å². The Hall–Kier alpha value is -2.18. The topological polar surface area (TPSA) is 49.9 Å². The molecule has 1 aliphatic heterocycles. The molecule has 2 aromatic carbocycles. The van der Waals surface area contributed by atoms with Crippen LogP contribution in [0.25, 0.3) is 0 Å². The minimum atomic E-state index is -0.0908. The van der Waals surface area contributed by atoms with Gasteiger partial charge < -0.3 is 14.5 Å². The first-order valence-electron chi connectivity index (χ1n) is 9.11. The number of carbonyl (C=O) groups is 2. The number of hydrogen-bond donors (Lipinski definition) is 1. The highest BCUT2D eigenvalue weighted by Gasteiger charge is 2.25. The zero-order valence-electron chi connectivity index (χ0n) is 15.9. The maximum absolute atomic E-state index is 12.6. The van der Waals surface area contributed by atoms with Crippen molar-refractivity contribution < 1.29 is 14.3 Å². The predicted octanol–water partition coefficient (Wildman–Crippen LogP) is 3.61. The van der Waals surface area contributed by atoms with Gasteiger partial charge in [0.05, 0.1) is 5.56 Å². The largest absolute Gasteiger partial charge is 0.484 e. The van der Waals surface area contributed by atoms with E-state index in [1.54, 1.807) is 21.9 Å². The third-order valence-corrected chi connectivity index (χ3v) is 5.81. The van der Waals surface area contributed by atoms with Crippen LogP contribution in [0, 0.1) is 13.8 Å². The molecule has 1 saturated heterocycles. The molecule has 2 amide bonds. The minimum absolute atomic E-state index is 0.0338. The van der Waals surface area contributed by atoms with Crippen LogP contribution in [0.4, 0.5) is 0 Å². The number of thiol groups is 1. The predicted molar refractivity (Wildman–Crippen MR) is 113 cm³/mol. The maximum atomic E-state index is 12.6. The van der Waals surface area contributed by atoms with Gasteiger partial charge in [-0.15, -0.1) is 12.6 Å². The molecule has 3 rings (SSSR count). The van der Waals surface area contributed by atoms with E-state index in [0.717, 1.165) is 11.1 Å². The van der Waals surface area contributed by atoms with E-state index in [9.17, 15) is 9.59 Å². The molecule has 0 N–H and O–H groups in total. The lowest BCUT2D eigenvalue weighted by Gasteiger charge is -2.35. The van der Waals surface area contributed by atoms with E-state index < -0.39 is 0 Å². The average molecular weight is 419 g/mol. The number of piperazine rings is 1. The van der Waals surface area contributed by atoms with Gasteiger partial charge in [0.25, 0.3) is 11.8 Å². The van der Waals surface area contributed by atoms with E-state index in [4.69, 9.17) is 16.3 Å². The fraction of sp³-hybridized carbons (Fsp3) is 0.333. The second kappa shape index (κ2) is 8.88. The minimum Gasteiger partial charge on any atom is -0.484 e. The van der Waals surface area contributed by atoms with E-state index >= 15 is 0 Å². The Bertz CT molecular complexity index is 872. The monoisotopic (exact) mass is 418 g/mol. The van der Waals surface area contributed by atoms with Crippen molar-refractivity contribution in [2.75, 3.05) is 32.8 Å². The summed E-state index contributed by atoms with van der Waals surface area (Å²) in [5, 5.41) is 0.710. The van der Waals surface area contributed by atoms with Gasteiger partial charge >= 0.3 is 0 Å². The van der Waals surface area contributed by atoms with Crippen molar-refractivity contribution in [3.05, 3.63) is 58.1 Å². The molecule has 1 aliphatic rings. The lowest BCUT2D eigenvalue weighted by Crippen LogP contribution is -2.51. The van der Waals surface area contributed by atoms with Crippen LogP contribution in [0.2, 0.25) is 5.02 Å². The van der Waals surface area contributed by atoms with E-state index in [0.29, 0.717) is 47.4 Å². The lowest BCUT2D eigenvalue weighted by atomic mass is 10.1. The first-order valence-corrected chi connectivity index (χ1v) is 9.94. The normalized spacial score (nSPS) is 14.1. The number of aryl methyl sites for hydroxylation is 2. The van der Waals surface area contributed by atoms with E-state index in [2.05, 4.69) is 12.6 Å². The van der Waals surface area contributed by atoms with Crippen LogP contribution >= 0.6 is 24.2 Å². The Labute approximate surface area is 175 Å². The fourth-order valence-electron chi connectivity index (χ4n) is 3.21. The van der Waals surface area contributed by atoms with Gasteiger partial charge in [-0.1, -0.05) is 23.7 Å². The Morgan fingerprint density at radius 2 is 1.61 bits per heavy atom. The number of halogens is 1. The number of hydrogen-bond acceptors (Lipinski definition) is 4. The molecule has 0 spiro atoms. The molecule has 2 aromatic rings. The molecular weight excluding hydrogens is 396 g/mol. The molecule has 5 nitrogen and oxygen atoms in total. The van der Waals surface area contributed by atoms with Gasteiger partial charge in [-0.3, -0.25) is 9.59 Å². The van der Waals surface area contributed by atoms with Crippen LogP contribution in [-0.2, 0) is 4.79 Å². The van der Waals surface area contributed by atoms with Crippen molar-refractivity contribution in [3.63, 3.8) is 0 Å². The van der Waals surface area contributed by atoms with Gasteiger partial charge in [-0.25, -0.2) is 0 Å². The number of benzene rings is 2. The summed E-state index contributed by atoms with van der Waals surface area (Å²) >= 11 is 10.5. The quantitative estimate of drug-likeness (QED) is 0.771. The van der Waals surface area contributed by atoms with Gasteiger partial charge in [0.15, 0.2) is 6.61 Å². The molecule has 0 aliphatic carbocycles. The van der Waals surface area contributed by atoms with Crippen LogP contribution in [0.3, 0.4) is 0 Å². The summed E-state index contributed by atoms with van der Waals surface area (Å²) in [6.07, 6.45) is 0. The summed E-state index contributed by atoms with van der Waals surface area (Å²) in [6, 6.07) is 10.9. The average Bonchev–Trinajstić information content (AvgIpc) is 2.70. The summed E-state index contributed by atoms with van der Waals surface area (Å²) in [5.74, 6) is 0.486. The van der Waals surface area contributed by atoms with Gasteiger partial charge in [-0.2, -0.15) is 0 Å². The summed E-state index contributed by atoms with van der Waals surface area (Å²) in [5.41, 5.74) is 2.42. The van der Waals surface area contributed by atoms with Gasteiger partial charge in [0, 0.05) is 36.1 Å². The Kier molecular flexibility index (Phi) is 6.52. The zero-order chi connectivity index (χ0) is 20.3. The standard InChI is InChI=1S/C21H23ClN2O3S/c1-14-11-16(12-15(2)20(14)22)27-13-19(25)23-7-9-24(10-8-23)21(26)17-5-3-4-6-18(17)28/h3-6,11-12,28H,7-10,13H2,1-2H3. The fourth-order valence-corrected chi connectivity index (χ4v) is 3.57. The first kappa shape index (κ1) is 20.6. The van der Waals surface area contributed by atoms with Crippen LogP contribution in [-0.4, -0.2) is 54.4 Å². The molecule has 0 saturated carbocycles. The van der Waals surface area contributed by atoms with Crippen molar-refractivity contribution in [1.29, 1.82) is 0 Å². The molecule has 0 atom stereocenters. The van der Waals surface area contributed by atoms with Gasteiger partial charge in [0.2, 0.25) is 0 Å². The molecule has 1 fully saturated rings. The molecule has 0 unspecified atom stereocenters. The number of amides is 2. The summed E-state index contributed by atoms with van der Waals surface area (Å²) in [4.78, 5) is 29.2. The number of rotatable bonds is 4. The number of carbonyl (C=O) groups excluding carboxylic acids is 2. The Morgan fingerprint density at radius 3 is 2.21 bits per heavy atom. The Balaban J connectivity index is 1.53. The van der Waals surface area contributed by atoms with Crippen LogP contribution in [0.5, 0.6) is 5.75 Å². The SMILES string of the molecule is Cc1cc(OCC(=O)N2CCN(C(=O)c3ccccc3S)CC2)cc(C)c1Cl. The highest BCUT2D eigenvalue weighted by Crippen LogP contribution is 2.26. The van der Waals surface area contributed by atoms with E-state index in [1.807, 2.05) is 38.1 Å². The van der Waals surface area contributed by atoms with Crippen molar-refractivity contribution >= 4 is 36.0 Å².